The minimum absolute atomic E-state index is 0.0388. The van der Waals surface area contributed by atoms with Gasteiger partial charge in [0, 0.05) is 11.9 Å². The fourth-order valence-corrected chi connectivity index (χ4v) is 2.27. The summed E-state index contributed by atoms with van der Waals surface area (Å²) in [6, 6.07) is 7.86. The normalized spacial score (nSPS) is 17.4. The van der Waals surface area contributed by atoms with E-state index in [0.29, 0.717) is 26.4 Å². The predicted octanol–water partition coefficient (Wildman–Crippen LogP) is 1.77. The van der Waals surface area contributed by atoms with Crippen molar-refractivity contribution < 1.29 is 14.3 Å². The SMILES string of the molecule is O=C(NCCOCCBr)C1COc2ccccc2C1. The Morgan fingerprint density at radius 1 is 1.42 bits per heavy atom. The number of para-hydroxylation sites is 1. The molecule has 1 unspecified atom stereocenters. The van der Waals surface area contributed by atoms with Gasteiger partial charge in [-0.2, -0.15) is 0 Å². The molecule has 1 aliphatic heterocycles. The first-order chi connectivity index (χ1) is 9.31. The van der Waals surface area contributed by atoms with E-state index in [-0.39, 0.29) is 11.8 Å². The van der Waals surface area contributed by atoms with E-state index in [0.717, 1.165) is 23.1 Å². The van der Waals surface area contributed by atoms with Crippen LogP contribution in [0.4, 0.5) is 0 Å². The quantitative estimate of drug-likeness (QED) is 0.639. The number of amides is 1. The summed E-state index contributed by atoms with van der Waals surface area (Å²) in [4.78, 5) is 12.0. The van der Waals surface area contributed by atoms with Gasteiger partial charge in [-0.25, -0.2) is 0 Å². The minimum atomic E-state index is -0.105. The van der Waals surface area contributed by atoms with Gasteiger partial charge in [0.15, 0.2) is 0 Å². The summed E-state index contributed by atoms with van der Waals surface area (Å²) in [5.74, 6) is 0.829. The van der Waals surface area contributed by atoms with Gasteiger partial charge in [0.2, 0.25) is 5.91 Å². The molecule has 1 amide bonds. The van der Waals surface area contributed by atoms with E-state index >= 15 is 0 Å². The van der Waals surface area contributed by atoms with E-state index in [1.54, 1.807) is 0 Å². The smallest absolute Gasteiger partial charge is 0.226 e. The number of fused-ring (bicyclic) bond motifs is 1. The van der Waals surface area contributed by atoms with Crippen LogP contribution >= 0.6 is 15.9 Å². The molecule has 0 aliphatic carbocycles. The molecule has 5 heteroatoms. The first kappa shape index (κ1) is 14.3. The van der Waals surface area contributed by atoms with Crippen LogP contribution in [0.1, 0.15) is 5.56 Å². The first-order valence-corrected chi connectivity index (χ1v) is 7.55. The number of carbonyl (C=O) groups excluding carboxylic acids is 1. The van der Waals surface area contributed by atoms with Crippen molar-refractivity contribution in [1.82, 2.24) is 5.32 Å². The Hall–Kier alpha value is -1.07. The van der Waals surface area contributed by atoms with Crippen LogP contribution in [0.3, 0.4) is 0 Å². The second-order valence-corrected chi connectivity index (χ2v) is 5.21. The zero-order valence-corrected chi connectivity index (χ0v) is 12.3. The van der Waals surface area contributed by atoms with E-state index in [9.17, 15) is 4.79 Å². The molecule has 1 aromatic rings. The van der Waals surface area contributed by atoms with Crippen molar-refractivity contribution in [2.24, 2.45) is 5.92 Å². The highest BCUT2D eigenvalue weighted by molar-refractivity contribution is 9.09. The maximum absolute atomic E-state index is 12.0. The third-order valence-electron chi connectivity index (χ3n) is 3.02. The summed E-state index contributed by atoms with van der Waals surface area (Å²) in [6.45, 7) is 2.20. The van der Waals surface area contributed by atoms with Crippen molar-refractivity contribution in [3.63, 3.8) is 0 Å². The Morgan fingerprint density at radius 3 is 3.11 bits per heavy atom. The van der Waals surface area contributed by atoms with Gasteiger partial charge in [-0.15, -0.1) is 0 Å². The van der Waals surface area contributed by atoms with Crippen molar-refractivity contribution in [1.29, 1.82) is 0 Å². The summed E-state index contributed by atoms with van der Waals surface area (Å²) in [6.07, 6.45) is 0.740. The van der Waals surface area contributed by atoms with E-state index < -0.39 is 0 Å². The van der Waals surface area contributed by atoms with Crippen LogP contribution < -0.4 is 10.1 Å². The summed E-state index contributed by atoms with van der Waals surface area (Å²) < 4.78 is 10.9. The van der Waals surface area contributed by atoms with Crippen LogP contribution in [0, 0.1) is 5.92 Å². The highest BCUT2D eigenvalue weighted by Gasteiger charge is 2.25. The number of alkyl halides is 1. The molecule has 19 heavy (non-hydrogen) atoms. The molecule has 1 aromatic carbocycles. The van der Waals surface area contributed by atoms with Crippen molar-refractivity contribution in [3.05, 3.63) is 29.8 Å². The van der Waals surface area contributed by atoms with E-state index in [1.807, 2.05) is 24.3 Å². The molecule has 1 atom stereocenters. The van der Waals surface area contributed by atoms with Gasteiger partial charge in [0.05, 0.1) is 19.1 Å². The summed E-state index contributed by atoms with van der Waals surface area (Å²) in [7, 11) is 0. The number of rotatable bonds is 6. The van der Waals surface area contributed by atoms with E-state index in [4.69, 9.17) is 9.47 Å². The zero-order chi connectivity index (χ0) is 13.5. The summed E-state index contributed by atoms with van der Waals surface area (Å²) in [5, 5.41) is 3.70. The Kier molecular flexibility index (Phi) is 5.66. The molecule has 1 N–H and O–H groups in total. The Balaban J connectivity index is 1.76. The van der Waals surface area contributed by atoms with Crippen LogP contribution in [0.2, 0.25) is 0 Å². The topological polar surface area (TPSA) is 47.6 Å². The number of ether oxygens (including phenoxy) is 2. The van der Waals surface area contributed by atoms with Crippen molar-refractivity contribution in [2.45, 2.75) is 6.42 Å². The maximum Gasteiger partial charge on any atom is 0.226 e. The molecule has 104 valence electrons. The molecule has 2 rings (SSSR count). The average Bonchev–Trinajstić information content (AvgIpc) is 2.46. The Bertz CT molecular complexity index is 425. The number of hydrogen-bond donors (Lipinski definition) is 1. The third-order valence-corrected chi connectivity index (χ3v) is 3.34. The number of nitrogens with one attached hydrogen (secondary N) is 1. The number of halogens is 1. The second-order valence-electron chi connectivity index (χ2n) is 4.41. The Labute approximate surface area is 121 Å². The highest BCUT2D eigenvalue weighted by Crippen LogP contribution is 2.26. The summed E-state index contributed by atoms with van der Waals surface area (Å²) in [5.41, 5.74) is 1.10. The summed E-state index contributed by atoms with van der Waals surface area (Å²) >= 11 is 3.28. The molecule has 0 saturated carbocycles. The van der Waals surface area contributed by atoms with Crippen LogP contribution in [-0.4, -0.2) is 37.6 Å². The molecular formula is C14H18BrNO3. The largest absolute Gasteiger partial charge is 0.492 e. The van der Waals surface area contributed by atoms with Crippen LogP contribution in [0.5, 0.6) is 5.75 Å². The zero-order valence-electron chi connectivity index (χ0n) is 10.7. The van der Waals surface area contributed by atoms with E-state index in [1.165, 1.54) is 0 Å². The number of carbonyl (C=O) groups is 1. The molecule has 0 spiro atoms. The second kappa shape index (κ2) is 7.50. The fraction of sp³-hybridized carbons (Fsp3) is 0.500. The molecule has 0 radical (unpaired) electrons. The average molecular weight is 328 g/mol. The van der Waals surface area contributed by atoms with Crippen molar-refractivity contribution in [2.75, 3.05) is 31.7 Å². The third kappa shape index (κ3) is 4.21. The molecule has 0 bridgehead atoms. The van der Waals surface area contributed by atoms with Gasteiger partial charge in [-0.3, -0.25) is 4.79 Å². The Morgan fingerprint density at radius 2 is 2.26 bits per heavy atom. The minimum Gasteiger partial charge on any atom is -0.492 e. The van der Waals surface area contributed by atoms with Gasteiger partial charge in [-0.05, 0) is 18.1 Å². The number of hydrogen-bond acceptors (Lipinski definition) is 3. The highest BCUT2D eigenvalue weighted by atomic mass is 79.9. The molecule has 0 saturated heterocycles. The molecule has 0 fully saturated rings. The van der Waals surface area contributed by atoms with Gasteiger partial charge < -0.3 is 14.8 Å². The lowest BCUT2D eigenvalue weighted by Gasteiger charge is -2.24. The maximum atomic E-state index is 12.0. The van der Waals surface area contributed by atoms with Crippen LogP contribution in [-0.2, 0) is 16.0 Å². The lowest BCUT2D eigenvalue weighted by Crippen LogP contribution is -2.38. The molecule has 1 heterocycles. The van der Waals surface area contributed by atoms with Crippen molar-refractivity contribution >= 4 is 21.8 Å². The van der Waals surface area contributed by atoms with Crippen LogP contribution in [0.15, 0.2) is 24.3 Å². The molecule has 4 nitrogen and oxygen atoms in total. The van der Waals surface area contributed by atoms with Gasteiger partial charge >= 0.3 is 0 Å². The monoisotopic (exact) mass is 327 g/mol. The standard InChI is InChI=1S/C14H18BrNO3/c15-5-7-18-8-6-16-14(17)12-9-11-3-1-2-4-13(11)19-10-12/h1-4,12H,5-10H2,(H,16,17). The lowest BCUT2D eigenvalue weighted by atomic mass is 9.96. The van der Waals surface area contributed by atoms with E-state index in [2.05, 4.69) is 21.2 Å². The molecule has 0 aromatic heterocycles. The fourth-order valence-electron chi connectivity index (χ4n) is 2.04. The van der Waals surface area contributed by atoms with Gasteiger partial charge in [0.25, 0.3) is 0 Å². The van der Waals surface area contributed by atoms with Crippen molar-refractivity contribution in [3.8, 4) is 5.75 Å². The predicted molar refractivity (Wildman–Crippen MR) is 76.8 cm³/mol. The molecular weight excluding hydrogens is 310 g/mol. The number of benzene rings is 1. The van der Waals surface area contributed by atoms with Gasteiger partial charge in [0.1, 0.15) is 12.4 Å². The first-order valence-electron chi connectivity index (χ1n) is 6.43. The van der Waals surface area contributed by atoms with Gasteiger partial charge in [-0.1, -0.05) is 34.1 Å². The lowest BCUT2D eigenvalue weighted by molar-refractivity contribution is -0.126. The molecule has 1 aliphatic rings. The van der Waals surface area contributed by atoms with Crippen LogP contribution in [0.25, 0.3) is 0 Å².